The van der Waals surface area contributed by atoms with Crippen LogP contribution in [0.25, 0.3) is 0 Å². The molecule has 1 rings (SSSR count). The van der Waals surface area contributed by atoms with Crippen LogP contribution in [0.5, 0.6) is 0 Å². The van der Waals surface area contributed by atoms with E-state index in [1.807, 2.05) is 13.8 Å². The van der Waals surface area contributed by atoms with Crippen molar-refractivity contribution in [3.05, 3.63) is 29.1 Å². The van der Waals surface area contributed by atoms with E-state index in [-0.39, 0.29) is 67.9 Å². The molecule has 3 nitrogen and oxygen atoms in total. The van der Waals surface area contributed by atoms with Gasteiger partial charge < -0.3 is 37.2 Å². The van der Waals surface area contributed by atoms with Crippen molar-refractivity contribution in [2.75, 3.05) is 0 Å². The van der Waals surface area contributed by atoms with Gasteiger partial charge in [0.05, 0.1) is 22.8 Å². The maximum absolute atomic E-state index is 4.68. The van der Waals surface area contributed by atoms with Gasteiger partial charge in [0.2, 0.25) is 0 Å². The van der Waals surface area contributed by atoms with E-state index in [1.165, 1.54) is 5.56 Å². The fraction of sp³-hybridized carbons (Fsp3) is 0.562. The van der Waals surface area contributed by atoms with E-state index in [1.54, 1.807) is 0 Å². The molecule has 0 aliphatic carbocycles. The van der Waals surface area contributed by atoms with Crippen LogP contribution in [0.15, 0.2) is 22.1 Å². The molecule has 0 spiro atoms. The maximum Gasteiger partial charge on any atom is 3.00 e. The first-order valence-electron chi connectivity index (χ1n) is 6.87. The monoisotopic (exact) mass is 415 g/mol. The van der Waals surface area contributed by atoms with Crippen molar-refractivity contribution >= 4 is 11.4 Å². The summed E-state index contributed by atoms with van der Waals surface area (Å²) in [6.07, 6.45) is 0. The van der Waals surface area contributed by atoms with E-state index in [2.05, 4.69) is 61.7 Å². The third-order valence-corrected chi connectivity index (χ3v) is 2.61. The molecule has 23 heavy (non-hydrogen) atoms. The van der Waals surface area contributed by atoms with Gasteiger partial charge in [0.15, 0.2) is 0 Å². The van der Waals surface area contributed by atoms with Crippen molar-refractivity contribution in [3.8, 4) is 0 Å². The average molecular weight is 417 g/mol. The Morgan fingerprint density at radius 1 is 0.826 bits per heavy atom. The minimum absolute atomic E-state index is 0. The van der Waals surface area contributed by atoms with Crippen LogP contribution in [0.1, 0.15) is 58.5 Å². The molecule has 0 bridgehead atoms. The summed E-state index contributed by atoms with van der Waals surface area (Å²) in [6, 6.07) is 4.73. The molecule has 0 aliphatic rings. The van der Waals surface area contributed by atoms with E-state index in [4.69, 9.17) is 0 Å². The average Bonchev–Trinajstić information content (AvgIpc) is 2.26. The molecular weight excluding hydrogens is 391 g/mol. The van der Waals surface area contributed by atoms with Crippen LogP contribution in [0.3, 0.4) is 0 Å². The van der Waals surface area contributed by atoms with Gasteiger partial charge >= 0.3 is 18.6 Å². The fourth-order valence-electron chi connectivity index (χ4n) is 1.94. The largest absolute Gasteiger partial charge is 3.00 e. The van der Waals surface area contributed by atoms with E-state index < -0.39 is 0 Å². The van der Waals surface area contributed by atoms with Crippen molar-refractivity contribution in [1.29, 1.82) is 0 Å². The molecule has 0 saturated heterocycles. The molecule has 0 amide bonds. The van der Waals surface area contributed by atoms with Crippen LogP contribution in [-0.2, 0) is 18.6 Å². The number of pyridine rings is 1. The third kappa shape index (κ3) is 11.2. The van der Waals surface area contributed by atoms with Gasteiger partial charge in [-0.25, -0.2) is 4.98 Å². The minimum Gasteiger partial charge on any atom is -1.00 e. The van der Waals surface area contributed by atoms with Crippen molar-refractivity contribution in [2.24, 2.45) is 9.98 Å². The van der Waals surface area contributed by atoms with Gasteiger partial charge in [0.25, 0.3) is 0 Å². The first-order chi connectivity index (χ1) is 8.79. The number of aliphatic imine (C=N–C) groups is 2. The van der Waals surface area contributed by atoms with E-state index in [0.29, 0.717) is 0 Å². The second-order valence-electron chi connectivity index (χ2n) is 5.53. The predicted molar refractivity (Wildman–Crippen MR) is 83.7 cm³/mol. The van der Waals surface area contributed by atoms with Crippen LogP contribution >= 0.6 is 0 Å². The van der Waals surface area contributed by atoms with Crippen molar-refractivity contribution < 1.29 is 55.8 Å². The van der Waals surface area contributed by atoms with E-state index >= 15 is 0 Å². The Morgan fingerprint density at radius 3 is 1.39 bits per heavy atom. The normalized spacial score (nSPS) is 11.2. The SMILES string of the molecule is CC(=NC(C)C)c1cc(C)cc(C(C)=NC(C)C)n1.[Cl-].[Cl-].[Cl-].[V+3]. The molecule has 0 unspecified atom stereocenters. The van der Waals surface area contributed by atoms with Crippen molar-refractivity contribution in [3.63, 3.8) is 0 Å². The predicted octanol–water partition coefficient (Wildman–Crippen LogP) is -5.17. The van der Waals surface area contributed by atoms with Crippen molar-refractivity contribution in [1.82, 2.24) is 4.98 Å². The quantitative estimate of drug-likeness (QED) is 0.453. The van der Waals surface area contributed by atoms with Gasteiger partial charge in [-0.05, 0) is 66.2 Å². The van der Waals surface area contributed by atoms with Gasteiger partial charge in [-0.1, -0.05) is 0 Å². The van der Waals surface area contributed by atoms with Crippen LogP contribution in [0, 0.1) is 6.92 Å². The van der Waals surface area contributed by atoms with Gasteiger partial charge in [-0.15, -0.1) is 0 Å². The molecule has 1 heterocycles. The van der Waals surface area contributed by atoms with Gasteiger partial charge in [0.1, 0.15) is 0 Å². The molecule has 1 aromatic heterocycles. The molecule has 7 heteroatoms. The Hall–Kier alpha value is -0.0556. The fourth-order valence-corrected chi connectivity index (χ4v) is 1.94. The summed E-state index contributed by atoms with van der Waals surface area (Å²) in [5.74, 6) is 0. The number of rotatable bonds is 4. The molecule has 0 N–H and O–H groups in total. The second-order valence-corrected chi connectivity index (χ2v) is 5.53. The smallest absolute Gasteiger partial charge is 1.00 e. The number of hydrogen-bond acceptors (Lipinski definition) is 3. The molecular formula is C16H25Cl3N3V. The molecule has 0 radical (unpaired) electrons. The summed E-state index contributed by atoms with van der Waals surface area (Å²) < 4.78 is 0. The Labute approximate surface area is 171 Å². The summed E-state index contributed by atoms with van der Waals surface area (Å²) in [4.78, 5) is 13.8. The third-order valence-electron chi connectivity index (χ3n) is 2.61. The van der Waals surface area contributed by atoms with Crippen molar-refractivity contribution in [2.45, 2.75) is 60.5 Å². The Bertz CT molecular complexity index is 473. The first kappa shape index (κ1) is 30.8. The van der Waals surface area contributed by atoms with Crippen LogP contribution < -0.4 is 37.2 Å². The summed E-state index contributed by atoms with van der Waals surface area (Å²) in [5, 5.41) is 0. The van der Waals surface area contributed by atoms with E-state index in [9.17, 15) is 0 Å². The summed E-state index contributed by atoms with van der Waals surface area (Å²) >= 11 is 0. The zero-order valence-corrected chi connectivity index (χ0v) is 18.4. The van der Waals surface area contributed by atoms with Gasteiger partial charge in [-0.3, -0.25) is 9.98 Å². The molecule has 130 valence electrons. The maximum atomic E-state index is 4.68. The molecule has 1 aromatic rings. The zero-order valence-electron chi connectivity index (χ0n) is 14.7. The second kappa shape index (κ2) is 14.3. The molecule has 0 atom stereocenters. The number of hydrogen-bond donors (Lipinski definition) is 0. The molecule has 0 aliphatic heterocycles. The molecule has 0 saturated carbocycles. The van der Waals surface area contributed by atoms with Gasteiger partial charge in [-0.2, -0.15) is 0 Å². The van der Waals surface area contributed by atoms with Crippen LogP contribution in [-0.4, -0.2) is 28.5 Å². The first-order valence-corrected chi connectivity index (χ1v) is 6.87. The zero-order chi connectivity index (χ0) is 14.6. The number of aryl methyl sites for hydroxylation is 1. The molecule has 0 aromatic carbocycles. The van der Waals surface area contributed by atoms with Crippen LogP contribution in [0.2, 0.25) is 0 Å². The number of nitrogens with zero attached hydrogens (tertiary/aromatic N) is 3. The summed E-state index contributed by atoms with van der Waals surface area (Å²) in [7, 11) is 0. The topological polar surface area (TPSA) is 37.6 Å². The van der Waals surface area contributed by atoms with Gasteiger partial charge in [0, 0.05) is 12.1 Å². The van der Waals surface area contributed by atoms with E-state index in [0.717, 1.165) is 22.8 Å². The minimum atomic E-state index is 0. The Balaban J connectivity index is -0.000000451. The standard InChI is InChI=1S/C16H25N3.3ClH.V/c1-10(2)17-13(6)15-8-12(5)9-16(19-15)14(7)18-11(3)4;;;;/h8-11H,1-7H3;3*1H;/q;;;;+3/p-3. The van der Waals surface area contributed by atoms with Crippen LogP contribution in [0.4, 0.5) is 0 Å². The summed E-state index contributed by atoms with van der Waals surface area (Å²) in [5.41, 5.74) is 5.05. The number of aromatic nitrogens is 1. The molecule has 0 fully saturated rings. The Morgan fingerprint density at radius 2 is 1.13 bits per heavy atom. The number of halogens is 3. The summed E-state index contributed by atoms with van der Waals surface area (Å²) in [6.45, 7) is 14.4. The Kier molecular flexibility index (Phi) is 19.1.